The highest BCUT2D eigenvalue weighted by Crippen LogP contribution is 2.40. The standard InChI is InChI=1S/4C27H29NO3/c4*1-3-8-22(9-4-1)27(23-10-5-2-6-11-23)31-24-12-7-16-28(19-24)17-15-21-13-14-25-26(18-21)30-20-29-25/h4*1-6,8-11,13-14,18,24,27H,7,12,15-17,19-20H2/t4*24-/m1111/s1/i1D,2D,3D,4D,5D,6D,8D,9D,10D,11D,13D,14D,17D2,18D,20D2;1D,2D,3D,4D,5D,6D,8D,9D,10D,11D,13D,14D,17D2,18D;13D,14D,17D2,18D,20D2,27D;13D,14D,17D2,18D,27D. The molecule has 0 radical (unpaired) electrons. The molecule has 16 heteroatoms. The van der Waals surface area contributed by atoms with Crippen molar-refractivity contribution in [3.8, 4) is 46.0 Å². The highest BCUT2D eigenvalue weighted by molar-refractivity contribution is 5.48. The molecule has 0 saturated carbocycles. The van der Waals surface area contributed by atoms with E-state index < -0.39 is 286 Å². The molecule has 8 aliphatic heterocycles. The van der Waals surface area contributed by atoms with Gasteiger partial charge in [0, 0.05) is 63.1 Å². The van der Waals surface area contributed by atoms with Crippen molar-refractivity contribution in [2.45, 2.75) is 126 Å². The van der Waals surface area contributed by atoms with E-state index >= 15 is 0 Å². The molecule has 12 aromatic rings. The van der Waals surface area contributed by atoms with E-state index in [1.807, 2.05) is 121 Å². The smallest absolute Gasteiger partial charge is 0.231 e. The van der Waals surface area contributed by atoms with Crippen LogP contribution in [-0.2, 0) is 44.6 Å². The van der Waals surface area contributed by atoms with Crippen molar-refractivity contribution in [2.24, 2.45) is 0 Å². The van der Waals surface area contributed by atoms with Gasteiger partial charge in [0.25, 0.3) is 0 Å². The highest BCUT2D eigenvalue weighted by atomic mass is 16.7. The number of nitrogens with zero attached hydrogens (tertiary/aromatic N) is 4. The van der Waals surface area contributed by atoms with Gasteiger partial charge in [0.2, 0.25) is 27.1 Å². The number of hydrogen-bond donors (Lipinski definition) is 0. The first-order chi connectivity index (χ1) is 79.8. The van der Waals surface area contributed by atoms with Crippen molar-refractivity contribution >= 4 is 0 Å². The first kappa shape index (κ1) is 46.1. The third kappa shape index (κ3) is 23.8. The Balaban J connectivity index is 0.000000151. The van der Waals surface area contributed by atoms with Gasteiger partial charge in [-0.2, -0.15) is 0 Å². The van der Waals surface area contributed by atoms with E-state index in [0.717, 1.165) is 0 Å². The Bertz CT molecular complexity index is 7640. The first-order valence-electron chi connectivity index (χ1n) is 63.7. The fraction of sp³-hybridized carbons (Fsp3) is 0.333. The van der Waals surface area contributed by atoms with E-state index in [1.54, 1.807) is 9.80 Å². The molecular weight excluding hydrogens is 1550 g/mol. The summed E-state index contributed by atoms with van der Waals surface area (Å²) in [5.41, 5.74) is 0.724. The number of ether oxygens (including phenoxy) is 12. The number of likely N-dealkylation sites (tertiary alicyclic amines) is 4. The molecular formula is C108H116N4O12. The maximum Gasteiger partial charge on any atom is 0.231 e. The summed E-state index contributed by atoms with van der Waals surface area (Å²) in [7, 11) is 0. The predicted octanol–water partition coefficient (Wildman–Crippen LogP) is 20.9. The van der Waals surface area contributed by atoms with Crippen molar-refractivity contribution < 1.29 is 120 Å². The fourth-order valence-corrected chi connectivity index (χ4v) is 14.5. The Morgan fingerprint density at radius 2 is 0.532 bits per heavy atom. The quantitative estimate of drug-likeness (QED) is 0.0462. The second kappa shape index (κ2) is 43.9. The fourth-order valence-electron chi connectivity index (χ4n) is 14.5. The monoisotopic (exact) mass is 1710 g/mol. The summed E-state index contributed by atoms with van der Waals surface area (Å²) in [4.78, 5) is 5.97. The van der Waals surface area contributed by atoms with E-state index in [-0.39, 0.29) is 171 Å². The summed E-state index contributed by atoms with van der Waals surface area (Å²) >= 11 is 0. The largest absolute Gasteiger partial charge is 0.454 e. The lowest BCUT2D eigenvalue weighted by molar-refractivity contribution is -0.0331. The molecule has 124 heavy (non-hydrogen) atoms. The molecule has 0 aliphatic carbocycles. The molecule has 20 rings (SSSR count). The van der Waals surface area contributed by atoms with Crippen molar-refractivity contribution in [3.05, 3.63) is 381 Å². The van der Waals surface area contributed by atoms with Crippen LogP contribution >= 0.6 is 0 Å². The van der Waals surface area contributed by atoms with Gasteiger partial charge in [0.1, 0.15) is 29.9 Å². The minimum atomic E-state index is -2.67. The van der Waals surface area contributed by atoms with Gasteiger partial charge < -0.3 is 76.4 Å². The zero-order valence-electron chi connectivity index (χ0n) is 113. The average molecular weight is 1710 g/mol. The zero-order valence-corrected chi connectivity index (χ0v) is 67.3. The average Bonchev–Trinajstić information content (AvgIpc) is 1.45. The van der Waals surface area contributed by atoms with Crippen LogP contribution in [0.25, 0.3) is 0 Å². The maximum absolute atomic E-state index is 9.36. The van der Waals surface area contributed by atoms with Gasteiger partial charge in [-0.25, -0.2) is 0 Å². The summed E-state index contributed by atoms with van der Waals surface area (Å²) in [6.07, 6.45) is -7.00. The molecule has 0 unspecified atom stereocenters. The second-order valence-electron chi connectivity index (χ2n) is 29.2. The Morgan fingerprint density at radius 1 is 0.290 bits per heavy atom. The predicted molar refractivity (Wildman–Crippen MR) is 486 cm³/mol. The molecule has 4 saturated heterocycles. The van der Waals surface area contributed by atoms with E-state index in [4.69, 9.17) is 117 Å². The first-order valence-corrected chi connectivity index (χ1v) is 40.7. The van der Waals surface area contributed by atoms with E-state index in [0.29, 0.717) is 80.3 Å². The van der Waals surface area contributed by atoms with Crippen LogP contribution in [0.1, 0.15) is 206 Å². The third-order valence-corrected chi connectivity index (χ3v) is 20.5. The normalized spacial score (nSPS) is 25.1. The topological polar surface area (TPSA) is 124 Å². The van der Waals surface area contributed by atoms with Crippen molar-refractivity contribution in [1.29, 1.82) is 0 Å². The van der Waals surface area contributed by atoms with Crippen LogP contribution in [0.2, 0.25) is 0 Å². The van der Waals surface area contributed by atoms with Crippen LogP contribution < -0.4 is 37.9 Å². The minimum absolute atomic E-state index is 0.0354. The lowest BCUT2D eigenvalue weighted by Gasteiger charge is -2.35. The molecule has 0 bridgehead atoms. The van der Waals surface area contributed by atoms with E-state index in [1.165, 1.54) is 9.80 Å². The summed E-state index contributed by atoms with van der Waals surface area (Å²) < 4.78 is 453. The lowest BCUT2D eigenvalue weighted by Crippen LogP contribution is -2.41. The van der Waals surface area contributed by atoms with Gasteiger partial charge in [-0.05, 0) is 218 Å². The molecule has 0 amide bonds. The van der Waals surface area contributed by atoms with Gasteiger partial charge in [0.05, 0.1) is 71.0 Å². The lowest BCUT2D eigenvalue weighted by atomic mass is 10.00. The number of hydrogen-bond acceptors (Lipinski definition) is 16. The van der Waals surface area contributed by atoms with Gasteiger partial charge in [0.15, 0.2) is 46.0 Å². The molecule has 4 fully saturated rings. The number of piperidine rings is 4. The number of fused-ring (bicyclic) bond motifs is 4. The van der Waals surface area contributed by atoms with Crippen molar-refractivity contribution in [2.75, 3.05) is 105 Å². The highest BCUT2D eigenvalue weighted by Gasteiger charge is 2.32. The molecule has 16 nitrogen and oxygen atoms in total. The number of benzene rings is 12. The van der Waals surface area contributed by atoms with Gasteiger partial charge >= 0.3 is 0 Å². The Hall–Kier alpha value is -11.3. The Morgan fingerprint density at radius 3 is 0.815 bits per heavy atom. The summed E-state index contributed by atoms with van der Waals surface area (Å²) in [6.45, 7) is -12.6. The summed E-state index contributed by atoms with van der Waals surface area (Å²) in [5.74, 6) is -1.39. The van der Waals surface area contributed by atoms with Crippen molar-refractivity contribution in [3.63, 3.8) is 0 Å². The molecule has 0 aromatic heterocycles. The Labute approximate surface area is 796 Å². The molecule has 0 N–H and O–H groups in total. The van der Waals surface area contributed by atoms with Crippen LogP contribution in [0, 0.1) is 0 Å². The Kier molecular flexibility index (Phi) is 16.3. The molecule has 8 heterocycles. The van der Waals surface area contributed by atoms with Crippen LogP contribution in [0.5, 0.6) is 46.0 Å². The van der Waals surface area contributed by atoms with Crippen LogP contribution in [0.15, 0.2) is 315 Å². The summed E-state index contributed by atoms with van der Waals surface area (Å²) in [6, 6.07) is 18.9. The molecule has 12 aromatic carbocycles. The van der Waals surface area contributed by atoms with Crippen molar-refractivity contribution in [1.82, 2.24) is 19.6 Å². The van der Waals surface area contributed by atoms with Crippen LogP contribution in [0.4, 0.5) is 0 Å². The summed E-state index contributed by atoms with van der Waals surface area (Å²) in [5, 5.41) is 0. The molecule has 640 valence electrons. The van der Waals surface area contributed by atoms with E-state index in [9.17, 15) is 2.74 Å². The zero-order chi connectivity index (χ0) is 124. The minimum Gasteiger partial charge on any atom is -0.454 e. The molecule has 0 spiro atoms. The second-order valence-corrected chi connectivity index (χ2v) is 29.2. The van der Waals surface area contributed by atoms with Crippen LogP contribution in [0.3, 0.4) is 0 Å². The van der Waals surface area contributed by atoms with Crippen LogP contribution in [-0.4, -0.2) is 149 Å². The van der Waals surface area contributed by atoms with E-state index in [2.05, 4.69) is 0 Å². The van der Waals surface area contributed by atoms with Gasteiger partial charge in [-0.3, -0.25) is 0 Å². The molecule has 8 aliphatic rings. The SMILES string of the molecule is [2H]c1c([2H])c([2H])c(C(O[C@@H]2CCCN(C([2H])([2H])Cc3c([2H])c([2H])c4c(c3[2H])OC([2H])([2H])O4)C2)c2c([2H])c([2H])c([2H])c([2H])c2[2H])c([2H])c1[2H].[2H]c1c([2H])c([2H])c(C(O[C@@H]2CCCN(C([2H])([2H])Cc3c([2H])c([2H])c4c(c3[2H])OCO4)C2)c2c([2H])c([2H])c([2H])c([2H])c2[2H])c([2H])c1[2H].[2H]c1c([2H])c2c(c([2H])c1CC([2H])([2H])N1CCC[C@@H](OC([2H])(c3ccccc3)c3ccccc3)C1)OC([2H])([2H])O2.[2H]c1c([2H])c2c(c([2H])c1CC([2H])([2H])N1CCC[C@@H](OC([2H])(c3ccccc3)c3ccccc3)C1)OCO2. The van der Waals surface area contributed by atoms with Gasteiger partial charge in [-0.15, -0.1) is 0 Å². The maximum atomic E-state index is 9.36. The van der Waals surface area contributed by atoms with Gasteiger partial charge in [-0.1, -0.05) is 266 Å². The number of rotatable bonds is 28. The molecule has 4 atom stereocenters. The third-order valence-electron chi connectivity index (χ3n) is 20.5.